The maximum absolute atomic E-state index is 11.5. The molecule has 0 amide bonds. The van der Waals surface area contributed by atoms with Crippen molar-refractivity contribution < 1.29 is 29.7 Å². The summed E-state index contributed by atoms with van der Waals surface area (Å²) in [6.07, 6.45) is 0.437. The van der Waals surface area contributed by atoms with E-state index in [2.05, 4.69) is 0 Å². The second-order valence-corrected chi connectivity index (χ2v) is 5.50. The van der Waals surface area contributed by atoms with Crippen LogP contribution >= 0.6 is 0 Å². The molecular formula is C12H18O6. The van der Waals surface area contributed by atoms with Crippen molar-refractivity contribution in [2.75, 3.05) is 0 Å². The van der Waals surface area contributed by atoms with E-state index in [0.717, 1.165) is 0 Å². The maximum Gasteiger partial charge on any atom is 0.322 e. The molecule has 1 aliphatic carbocycles. The molecule has 3 atom stereocenters. The lowest BCUT2D eigenvalue weighted by molar-refractivity contribution is -0.198. The van der Waals surface area contributed by atoms with Crippen LogP contribution in [-0.2, 0) is 14.4 Å². The van der Waals surface area contributed by atoms with Crippen molar-refractivity contribution in [2.45, 2.75) is 33.6 Å². The first-order valence-electron chi connectivity index (χ1n) is 5.80. The zero-order chi connectivity index (χ0) is 14.3. The van der Waals surface area contributed by atoms with Crippen molar-refractivity contribution in [1.82, 2.24) is 0 Å². The second-order valence-electron chi connectivity index (χ2n) is 5.50. The first-order chi connectivity index (χ1) is 8.10. The smallest absolute Gasteiger partial charge is 0.322 e. The van der Waals surface area contributed by atoms with E-state index >= 15 is 0 Å². The first-order valence-corrected chi connectivity index (χ1v) is 5.80. The third-order valence-electron chi connectivity index (χ3n) is 4.27. The molecule has 0 radical (unpaired) electrons. The minimum absolute atomic E-state index is 0.0204. The fourth-order valence-electron chi connectivity index (χ4n) is 3.51. The van der Waals surface area contributed by atoms with Crippen molar-refractivity contribution in [3.05, 3.63) is 0 Å². The summed E-state index contributed by atoms with van der Waals surface area (Å²) in [4.78, 5) is 34.5. The van der Waals surface area contributed by atoms with Crippen LogP contribution in [0.25, 0.3) is 0 Å². The molecule has 0 aromatic rings. The van der Waals surface area contributed by atoms with Crippen LogP contribution in [0.4, 0.5) is 0 Å². The third kappa shape index (κ3) is 1.59. The highest BCUT2D eigenvalue weighted by atomic mass is 16.4. The quantitative estimate of drug-likeness (QED) is 0.658. The van der Waals surface area contributed by atoms with Crippen molar-refractivity contribution in [1.29, 1.82) is 0 Å². The number of carboxylic acid groups (broad SMARTS) is 3. The molecule has 1 fully saturated rings. The lowest BCUT2D eigenvalue weighted by atomic mass is 9.50. The Morgan fingerprint density at radius 1 is 1.00 bits per heavy atom. The predicted octanol–water partition coefficient (Wildman–Crippen LogP) is 1.30. The van der Waals surface area contributed by atoms with E-state index in [0.29, 0.717) is 6.42 Å². The molecular weight excluding hydrogens is 240 g/mol. The van der Waals surface area contributed by atoms with Gasteiger partial charge in [0.2, 0.25) is 0 Å². The number of hydrogen-bond acceptors (Lipinski definition) is 3. The number of hydrogen-bond donors (Lipinski definition) is 3. The Morgan fingerprint density at radius 3 is 1.78 bits per heavy atom. The summed E-state index contributed by atoms with van der Waals surface area (Å²) in [5.74, 6) is -5.27. The van der Waals surface area contributed by atoms with Gasteiger partial charge in [0.1, 0.15) is 0 Å². The number of carbonyl (C=O) groups is 3. The van der Waals surface area contributed by atoms with Crippen molar-refractivity contribution >= 4 is 17.9 Å². The lowest BCUT2D eigenvalue weighted by Crippen LogP contribution is -2.62. The minimum Gasteiger partial charge on any atom is -0.481 e. The van der Waals surface area contributed by atoms with Gasteiger partial charge >= 0.3 is 17.9 Å². The summed E-state index contributed by atoms with van der Waals surface area (Å²) in [6, 6.07) is 0. The van der Waals surface area contributed by atoms with Gasteiger partial charge in [0.25, 0.3) is 0 Å². The molecule has 102 valence electrons. The normalized spacial score (nSPS) is 34.8. The molecule has 0 saturated heterocycles. The molecule has 3 unspecified atom stereocenters. The SMILES string of the molecule is CC1CC(C)C(C(=O)O)(C(=O)O)C(C)(C(=O)O)C1. The van der Waals surface area contributed by atoms with Crippen molar-refractivity contribution in [3.63, 3.8) is 0 Å². The van der Waals surface area contributed by atoms with Gasteiger partial charge in [0.05, 0.1) is 5.41 Å². The van der Waals surface area contributed by atoms with E-state index in [1.54, 1.807) is 0 Å². The molecule has 3 N–H and O–H groups in total. The van der Waals surface area contributed by atoms with E-state index in [4.69, 9.17) is 0 Å². The number of rotatable bonds is 3. The maximum atomic E-state index is 11.5. The van der Waals surface area contributed by atoms with E-state index in [1.807, 2.05) is 6.92 Å². The average Bonchev–Trinajstić information content (AvgIpc) is 2.14. The lowest BCUT2D eigenvalue weighted by Gasteiger charge is -2.49. The van der Waals surface area contributed by atoms with E-state index in [1.165, 1.54) is 13.8 Å². The number of carboxylic acids is 3. The zero-order valence-corrected chi connectivity index (χ0v) is 10.6. The molecule has 18 heavy (non-hydrogen) atoms. The molecule has 0 aromatic heterocycles. The Labute approximate surface area is 105 Å². The fourth-order valence-corrected chi connectivity index (χ4v) is 3.51. The highest BCUT2D eigenvalue weighted by Gasteiger charge is 2.68. The van der Waals surface area contributed by atoms with Gasteiger partial charge < -0.3 is 15.3 Å². The van der Waals surface area contributed by atoms with Crippen LogP contribution in [0.15, 0.2) is 0 Å². The topological polar surface area (TPSA) is 112 Å². The van der Waals surface area contributed by atoms with Crippen LogP contribution in [0.5, 0.6) is 0 Å². The summed E-state index contributed by atoms with van der Waals surface area (Å²) in [6.45, 7) is 4.54. The average molecular weight is 258 g/mol. The highest BCUT2D eigenvalue weighted by molar-refractivity contribution is 6.04. The van der Waals surface area contributed by atoms with Crippen LogP contribution in [0.3, 0.4) is 0 Å². The second kappa shape index (κ2) is 4.26. The number of aliphatic carboxylic acids is 3. The Kier molecular flexibility index (Phi) is 3.42. The molecule has 0 bridgehead atoms. The molecule has 1 rings (SSSR count). The van der Waals surface area contributed by atoms with Crippen molar-refractivity contribution in [3.8, 4) is 0 Å². The van der Waals surface area contributed by atoms with Gasteiger partial charge in [-0.25, -0.2) is 0 Å². The molecule has 6 nitrogen and oxygen atoms in total. The van der Waals surface area contributed by atoms with Crippen LogP contribution in [0.1, 0.15) is 33.6 Å². The first kappa shape index (κ1) is 14.5. The predicted molar refractivity (Wildman–Crippen MR) is 61.0 cm³/mol. The third-order valence-corrected chi connectivity index (χ3v) is 4.27. The van der Waals surface area contributed by atoms with Gasteiger partial charge in [0.15, 0.2) is 5.41 Å². The molecule has 0 aliphatic heterocycles. The van der Waals surface area contributed by atoms with Gasteiger partial charge in [-0.1, -0.05) is 13.8 Å². The summed E-state index contributed by atoms with van der Waals surface area (Å²) in [5, 5.41) is 28.1. The van der Waals surface area contributed by atoms with Gasteiger partial charge in [-0.05, 0) is 31.6 Å². The van der Waals surface area contributed by atoms with Gasteiger partial charge in [-0.2, -0.15) is 0 Å². The van der Waals surface area contributed by atoms with E-state index in [9.17, 15) is 29.7 Å². The monoisotopic (exact) mass is 258 g/mol. The van der Waals surface area contributed by atoms with E-state index < -0.39 is 34.7 Å². The largest absolute Gasteiger partial charge is 0.481 e. The fraction of sp³-hybridized carbons (Fsp3) is 0.750. The summed E-state index contributed by atoms with van der Waals surface area (Å²) >= 11 is 0. The zero-order valence-electron chi connectivity index (χ0n) is 10.6. The molecule has 0 spiro atoms. The molecule has 0 aromatic carbocycles. The van der Waals surface area contributed by atoms with Crippen LogP contribution in [0, 0.1) is 22.7 Å². The molecule has 0 heterocycles. The van der Waals surface area contributed by atoms with Crippen LogP contribution in [0.2, 0.25) is 0 Å². The van der Waals surface area contributed by atoms with Crippen LogP contribution in [-0.4, -0.2) is 33.2 Å². The molecule has 6 heteroatoms. The molecule has 1 aliphatic rings. The minimum atomic E-state index is -2.27. The van der Waals surface area contributed by atoms with Crippen LogP contribution < -0.4 is 0 Å². The van der Waals surface area contributed by atoms with Gasteiger partial charge in [-0.3, -0.25) is 14.4 Å². The summed E-state index contributed by atoms with van der Waals surface area (Å²) < 4.78 is 0. The summed E-state index contributed by atoms with van der Waals surface area (Å²) in [5.41, 5.74) is -4.08. The van der Waals surface area contributed by atoms with E-state index in [-0.39, 0.29) is 12.3 Å². The Bertz CT molecular complexity index is 387. The Balaban J connectivity index is 3.54. The standard InChI is InChI=1S/C12H18O6/c1-6-4-7(2)12(9(15)16,10(17)18)11(3,5-6)8(13)14/h6-7H,4-5H2,1-3H3,(H,13,14)(H,15,16)(H,17,18). The van der Waals surface area contributed by atoms with Crippen molar-refractivity contribution in [2.24, 2.45) is 22.7 Å². The Morgan fingerprint density at radius 2 is 1.44 bits per heavy atom. The summed E-state index contributed by atoms with van der Waals surface area (Å²) in [7, 11) is 0. The van der Waals surface area contributed by atoms with Gasteiger partial charge in [0, 0.05) is 0 Å². The Hall–Kier alpha value is -1.59. The highest BCUT2D eigenvalue weighted by Crippen LogP contribution is 2.56. The molecule has 1 saturated carbocycles. The van der Waals surface area contributed by atoms with Gasteiger partial charge in [-0.15, -0.1) is 0 Å².